The second-order valence-electron chi connectivity index (χ2n) is 6.76. The topological polar surface area (TPSA) is 44.8 Å². The van der Waals surface area contributed by atoms with Crippen molar-refractivity contribution >= 4 is 12.4 Å². The Morgan fingerprint density at radius 1 is 1.14 bits per heavy atom. The van der Waals surface area contributed by atoms with Crippen LogP contribution in [0.3, 0.4) is 0 Å². The van der Waals surface area contributed by atoms with Gasteiger partial charge in [-0.05, 0) is 48.7 Å². The van der Waals surface area contributed by atoms with E-state index in [1.54, 1.807) is 30.3 Å². The Morgan fingerprint density at radius 2 is 1.96 bits per heavy atom. The number of alkyl halides is 3. The van der Waals surface area contributed by atoms with E-state index in [4.69, 9.17) is 14.2 Å². The van der Waals surface area contributed by atoms with Crippen LogP contribution in [0.2, 0.25) is 0 Å². The normalized spacial score (nSPS) is 15.9. The van der Waals surface area contributed by atoms with Gasteiger partial charge in [-0.2, -0.15) is 13.2 Å². The predicted molar refractivity (Wildman–Crippen MR) is 95.4 cm³/mol. The Labute approximate surface area is 159 Å². The highest BCUT2D eigenvalue weighted by Gasteiger charge is 2.36. The summed E-state index contributed by atoms with van der Waals surface area (Å²) in [5.41, 5.74) is 0.883. The molecule has 0 N–H and O–H groups in total. The molecule has 0 unspecified atom stereocenters. The smallest absolute Gasteiger partial charge is 0.419 e. The number of carbonyl (C=O) groups is 1. The van der Waals surface area contributed by atoms with Gasteiger partial charge in [0.2, 0.25) is 0 Å². The number of aldehydes is 1. The van der Waals surface area contributed by atoms with Crippen LogP contribution in [0.25, 0.3) is 6.08 Å². The molecule has 0 spiro atoms. The number of halogens is 3. The fourth-order valence-electron chi connectivity index (χ4n) is 2.84. The lowest BCUT2D eigenvalue weighted by Gasteiger charge is -2.17. The molecule has 1 aliphatic carbocycles. The van der Waals surface area contributed by atoms with Crippen molar-refractivity contribution in [2.45, 2.75) is 31.7 Å². The molecule has 7 heteroatoms. The number of benzene rings is 2. The highest BCUT2D eigenvalue weighted by molar-refractivity contribution is 5.84. The van der Waals surface area contributed by atoms with E-state index in [1.807, 2.05) is 0 Å². The standard InChI is InChI=1S/C21H17F3O4/c22-21(23,24)18-8-13(1-6-19(18)28-16-4-5-16)11-26-17-3-2-15-7-14(10-25)12-27-20(15)9-17/h1-3,6-10,16H,4-5,11-12H2. The van der Waals surface area contributed by atoms with Crippen LogP contribution in [0.15, 0.2) is 42.0 Å². The molecule has 0 saturated heterocycles. The van der Waals surface area contributed by atoms with Gasteiger partial charge in [0.25, 0.3) is 0 Å². The Bertz CT molecular complexity index is 930. The molecule has 2 aromatic rings. The summed E-state index contributed by atoms with van der Waals surface area (Å²) in [5, 5.41) is 0. The van der Waals surface area contributed by atoms with Crippen molar-refractivity contribution < 1.29 is 32.2 Å². The third kappa shape index (κ3) is 4.13. The van der Waals surface area contributed by atoms with Gasteiger partial charge < -0.3 is 14.2 Å². The van der Waals surface area contributed by atoms with Crippen molar-refractivity contribution in [1.29, 1.82) is 0 Å². The van der Waals surface area contributed by atoms with E-state index in [9.17, 15) is 18.0 Å². The summed E-state index contributed by atoms with van der Waals surface area (Å²) in [6.07, 6.45) is -0.584. The van der Waals surface area contributed by atoms with Gasteiger partial charge in [0.15, 0.2) is 0 Å². The quantitative estimate of drug-likeness (QED) is 0.665. The number of hydrogen-bond donors (Lipinski definition) is 0. The summed E-state index contributed by atoms with van der Waals surface area (Å²) in [5.74, 6) is 0.888. The fraction of sp³-hybridized carbons (Fsp3) is 0.286. The molecule has 0 amide bonds. The van der Waals surface area contributed by atoms with Crippen LogP contribution in [0, 0.1) is 0 Å². The molecule has 4 nitrogen and oxygen atoms in total. The maximum atomic E-state index is 13.3. The molecular weight excluding hydrogens is 373 g/mol. The van der Waals surface area contributed by atoms with E-state index >= 15 is 0 Å². The van der Waals surface area contributed by atoms with Crippen molar-refractivity contribution in [2.24, 2.45) is 0 Å². The first kappa shape index (κ1) is 18.4. The molecule has 146 valence electrons. The molecular formula is C21H17F3O4. The third-order valence-corrected chi connectivity index (χ3v) is 4.44. The van der Waals surface area contributed by atoms with Crippen LogP contribution < -0.4 is 14.2 Å². The molecule has 0 atom stereocenters. The Kier molecular flexibility index (Phi) is 4.75. The van der Waals surface area contributed by atoms with Crippen LogP contribution >= 0.6 is 0 Å². The van der Waals surface area contributed by atoms with Crippen molar-refractivity contribution in [2.75, 3.05) is 6.61 Å². The maximum absolute atomic E-state index is 13.3. The first-order valence-electron chi connectivity index (χ1n) is 8.84. The highest BCUT2D eigenvalue weighted by atomic mass is 19.4. The van der Waals surface area contributed by atoms with E-state index < -0.39 is 11.7 Å². The van der Waals surface area contributed by atoms with Crippen molar-refractivity contribution in [1.82, 2.24) is 0 Å². The lowest BCUT2D eigenvalue weighted by Crippen LogP contribution is -2.11. The lowest BCUT2D eigenvalue weighted by molar-refractivity contribution is -0.139. The van der Waals surface area contributed by atoms with Crippen LogP contribution in [0.5, 0.6) is 17.2 Å². The molecule has 1 heterocycles. The van der Waals surface area contributed by atoms with Gasteiger partial charge in [-0.15, -0.1) is 0 Å². The summed E-state index contributed by atoms with van der Waals surface area (Å²) >= 11 is 0. The average molecular weight is 390 g/mol. The van der Waals surface area contributed by atoms with Crippen LogP contribution in [0.1, 0.15) is 29.5 Å². The largest absolute Gasteiger partial charge is 0.490 e. The maximum Gasteiger partial charge on any atom is 0.419 e. The van der Waals surface area contributed by atoms with Crippen LogP contribution in [-0.2, 0) is 17.6 Å². The third-order valence-electron chi connectivity index (χ3n) is 4.44. The molecule has 28 heavy (non-hydrogen) atoms. The fourth-order valence-corrected chi connectivity index (χ4v) is 2.84. The Hall–Kier alpha value is -2.96. The van der Waals surface area contributed by atoms with Gasteiger partial charge in [0.05, 0.1) is 11.7 Å². The summed E-state index contributed by atoms with van der Waals surface area (Å²) in [6, 6.07) is 9.06. The molecule has 1 aliphatic heterocycles. The number of carbonyl (C=O) groups excluding carboxylic acids is 1. The van der Waals surface area contributed by atoms with Gasteiger partial charge in [-0.1, -0.05) is 6.07 Å². The minimum absolute atomic E-state index is 0.0268. The zero-order chi connectivity index (χ0) is 19.7. The zero-order valence-electron chi connectivity index (χ0n) is 14.8. The number of ether oxygens (including phenoxy) is 3. The van der Waals surface area contributed by atoms with E-state index in [0.717, 1.165) is 30.8 Å². The van der Waals surface area contributed by atoms with E-state index in [0.29, 0.717) is 22.6 Å². The molecule has 1 fully saturated rings. The summed E-state index contributed by atoms with van der Waals surface area (Å²) in [4.78, 5) is 10.8. The van der Waals surface area contributed by atoms with Gasteiger partial charge in [0.1, 0.15) is 36.7 Å². The molecule has 0 radical (unpaired) electrons. The Morgan fingerprint density at radius 3 is 2.68 bits per heavy atom. The molecule has 0 aromatic heterocycles. The molecule has 2 aliphatic rings. The van der Waals surface area contributed by atoms with Gasteiger partial charge in [-0.3, -0.25) is 4.79 Å². The van der Waals surface area contributed by atoms with Crippen LogP contribution in [-0.4, -0.2) is 19.0 Å². The number of fused-ring (bicyclic) bond motifs is 1. The van der Waals surface area contributed by atoms with E-state index in [1.165, 1.54) is 6.07 Å². The number of hydrogen-bond acceptors (Lipinski definition) is 4. The second-order valence-corrected chi connectivity index (χ2v) is 6.76. The van der Waals surface area contributed by atoms with Gasteiger partial charge >= 0.3 is 6.18 Å². The van der Waals surface area contributed by atoms with Crippen molar-refractivity contribution in [3.8, 4) is 17.2 Å². The summed E-state index contributed by atoms with van der Waals surface area (Å²) in [6.45, 7) is 0.151. The van der Waals surface area contributed by atoms with Gasteiger partial charge in [-0.25, -0.2) is 0 Å². The first-order chi connectivity index (χ1) is 13.4. The first-order valence-corrected chi connectivity index (χ1v) is 8.84. The van der Waals surface area contributed by atoms with Crippen molar-refractivity contribution in [3.63, 3.8) is 0 Å². The monoisotopic (exact) mass is 390 g/mol. The summed E-state index contributed by atoms with van der Waals surface area (Å²) in [7, 11) is 0. The van der Waals surface area contributed by atoms with Gasteiger partial charge in [0, 0.05) is 17.2 Å². The molecule has 0 bridgehead atoms. The number of rotatable bonds is 6. The lowest BCUT2D eigenvalue weighted by atomic mass is 10.1. The second kappa shape index (κ2) is 7.22. The zero-order valence-corrected chi connectivity index (χ0v) is 14.8. The minimum atomic E-state index is -4.50. The predicted octanol–water partition coefficient (Wildman–Crippen LogP) is 4.80. The average Bonchev–Trinajstić information content (AvgIpc) is 3.49. The summed E-state index contributed by atoms with van der Waals surface area (Å²) < 4.78 is 56.5. The highest BCUT2D eigenvalue weighted by Crippen LogP contribution is 2.39. The molecule has 4 rings (SSSR count). The Balaban J connectivity index is 1.49. The SMILES string of the molecule is O=CC1=Cc2ccc(OCc3ccc(OC4CC4)c(C(F)(F)F)c3)cc2OC1. The van der Waals surface area contributed by atoms with E-state index in [2.05, 4.69) is 0 Å². The van der Waals surface area contributed by atoms with Crippen LogP contribution in [0.4, 0.5) is 13.2 Å². The molecule has 1 saturated carbocycles. The van der Waals surface area contributed by atoms with E-state index in [-0.39, 0.29) is 25.1 Å². The molecule has 2 aromatic carbocycles. The van der Waals surface area contributed by atoms with Crippen molar-refractivity contribution in [3.05, 3.63) is 58.7 Å². The minimum Gasteiger partial charge on any atom is -0.490 e.